The van der Waals surface area contributed by atoms with Gasteiger partial charge in [0.2, 0.25) is 0 Å². The molecular weight excluding hydrogens is 218 g/mol. The van der Waals surface area contributed by atoms with E-state index >= 15 is 0 Å². The monoisotopic (exact) mass is 229 g/mol. The topological polar surface area (TPSA) is 69.6 Å². The molecule has 82 valence electrons. The fraction of sp³-hybridized carbons (Fsp3) is 0.300. The molecule has 5 heteroatoms. The van der Waals surface area contributed by atoms with Gasteiger partial charge in [0.15, 0.2) is 0 Å². The average Bonchev–Trinajstić information content (AvgIpc) is 2.19. The molecule has 0 aliphatic carbocycles. The highest BCUT2D eigenvalue weighted by Gasteiger charge is 2.09. The third kappa shape index (κ3) is 3.42. The Morgan fingerprint density at radius 2 is 2.27 bits per heavy atom. The Kier molecular flexibility index (Phi) is 3.94. The molecule has 0 saturated carbocycles. The first-order valence-corrected chi connectivity index (χ1v) is 4.82. The van der Waals surface area contributed by atoms with Gasteiger partial charge in [0.1, 0.15) is 11.8 Å². The van der Waals surface area contributed by atoms with Crippen molar-refractivity contribution in [2.24, 2.45) is 0 Å². The number of halogens is 1. The number of benzene rings is 1. The van der Waals surface area contributed by atoms with Crippen molar-refractivity contribution in [3.05, 3.63) is 28.8 Å². The summed E-state index contributed by atoms with van der Waals surface area (Å²) in [6.07, 6.45) is 0. The minimum atomic E-state index is -0.903. The Labute approximate surface area is 92.5 Å². The Hall–Kier alpha value is -1.26. The van der Waals surface area contributed by atoms with E-state index in [-0.39, 0.29) is 10.8 Å². The number of nitrogens with one attached hydrogen (secondary N) is 1. The molecule has 1 atom stereocenters. The second-order valence-electron chi connectivity index (χ2n) is 3.23. The van der Waals surface area contributed by atoms with Gasteiger partial charge in [-0.2, -0.15) is 0 Å². The number of carboxylic acid groups (broad SMARTS) is 1. The lowest BCUT2D eigenvalue weighted by Gasteiger charge is -2.09. The Morgan fingerprint density at radius 3 is 2.80 bits per heavy atom. The Bertz CT molecular complexity index is 368. The average molecular weight is 230 g/mol. The molecule has 0 spiro atoms. The van der Waals surface area contributed by atoms with Gasteiger partial charge in [-0.1, -0.05) is 17.7 Å². The normalized spacial score (nSPS) is 12.4. The zero-order chi connectivity index (χ0) is 11.4. The summed E-state index contributed by atoms with van der Waals surface area (Å²) in [4.78, 5) is 10.5. The van der Waals surface area contributed by atoms with E-state index in [9.17, 15) is 4.79 Å². The number of hydrogen-bond donors (Lipinski definition) is 3. The van der Waals surface area contributed by atoms with Gasteiger partial charge < -0.3 is 15.5 Å². The molecule has 3 N–H and O–H groups in total. The quantitative estimate of drug-likeness (QED) is 0.734. The molecule has 0 aliphatic heterocycles. The third-order valence-electron chi connectivity index (χ3n) is 1.99. The van der Waals surface area contributed by atoms with Crippen LogP contribution in [0.4, 0.5) is 0 Å². The smallest absolute Gasteiger partial charge is 0.320 e. The molecular formula is C10H12ClNO3. The molecule has 0 bridgehead atoms. The van der Waals surface area contributed by atoms with Crippen molar-refractivity contribution in [3.8, 4) is 5.75 Å². The summed E-state index contributed by atoms with van der Waals surface area (Å²) in [6, 6.07) is 4.14. The van der Waals surface area contributed by atoms with Gasteiger partial charge in [-0.25, -0.2) is 0 Å². The summed E-state index contributed by atoms with van der Waals surface area (Å²) < 4.78 is 0. The van der Waals surface area contributed by atoms with Gasteiger partial charge in [-0.05, 0) is 24.6 Å². The number of hydrogen-bond acceptors (Lipinski definition) is 3. The van der Waals surface area contributed by atoms with E-state index < -0.39 is 12.0 Å². The molecule has 15 heavy (non-hydrogen) atoms. The van der Waals surface area contributed by atoms with E-state index in [2.05, 4.69) is 5.32 Å². The first kappa shape index (κ1) is 11.8. The van der Waals surface area contributed by atoms with Crippen LogP contribution in [-0.2, 0) is 11.3 Å². The number of carboxylic acids is 1. The van der Waals surface area contributed by atoms with Crippen molar-refractivity contribution in [2.75, 3.05) is 0 Å². The van der Waals surface area contributed by atoms with E-state index in [4.69, 9.17) is 21.8 Å². The van der Waals surface area contributed by atoms with Gasteiger partial charge in [0.05, 0.1) is 5.02 Å². The maximum atomic E-state index is 10.5. The van der Waals surface area contributed by atoms with Crippen LogP contribution in [0.1, 0.15) is 12.5 Å². The molecule has 0 heterocycles. The van der Waals surface area contributed by atoms with E-state index in [0.29, 0.717) is 6.54 Å². The number of phenolic OH excluding ortho intramolecular Hbond substituents is 1. The molecule has 0 fully saturated rings. The largest absolute Gasteiger partial charge is 0.506 e. The zero-order valence-corrected chi connectivity index (χ0v) is 8.95. The fourth-order valence-corrected chi connectivity index (χ4v) is 1.22. The Morgan fingerprint density at radius 1 is 1.60 bits per heavy atom. The number of aromatic hydroxyl groups is 1. The molecule has 0 amide bonds. The lowest BCUT2D eigenvalue weighted by atomic mass is 10.2. The summed E-state index contributed by atoms with van der Waals surface area (Å²) in [7, 11) is 0. The molecule has 0 radical (unpaired) electrons. The maximum Gasteiger partial charge on any atom is 0.320 e. The summed E-state index contributed by atoms with van der Waals surface area (Å²) in [5.74, 6) is -0.883. The number of rotatable bonds is 4. The van der Waals surface area contributed by atoms with Crippen LogP contribution in [0.3, 0.4) is 0 Å². The molecule has 0 saturated heterocycles. The van der Waals surface area contributed by atoms with Crippen molar-refractivity contribution in [1.82, 2.24) is 5.32 Å². The first-order valence-electron chi connectivity index (χ1n) is 4.44. The van der Waals surface area contributed by atoms with Crippen molar-refractivity contribution < 1.29 is 15.0 Å². The summed E-state index contributed by atoms with van der Waals surface area (Å²) in [5.41, 5.74) is 0.825. The van der Waals surface area contributed by atoms with E-state index in [0.717, 1.165) is 5.56 Å². The predicted molar refractivity (Wildman–Crippen MR) is 57.1 cm³/mol. The van der Waals surface area contributed by atoms with Crippen LogP contribution in [0, 0.1) is 0 Å². The summed E-state index contributed by atoms with van der Waals surface area (Å²) >= 11 is 5.70. The fourth-order valence-electron chi connectivity index (χ4n) is 1.02. The molecule has 4 nitrogen and oxygen atoms in total. The van der Waals surface area contributed by atoms with Crippen molar-refractivity contribution >= 4 is 17.6 Å². The van der Waals surface area contributed by atoms with Gasteiger partial charge >= 0.3 is 5.97 Å². The van der Waals surface area contributed by atoms with Crippen LogP contribution >= 0.6 is 11.6 Å². The maximum absolute atomic E-state index is 10.5. The van der Waals surface area contributed by atoms with Crippen LogP contribution in [0.5, 0.6) is 5.75 Å². The van der Waals surface area contributed by atoms with Gasteiger partial charge in [0.25, 0.3) is 0 Å². The van der Waals surface area contributed by atoms with Crippen LogP contribution < -0.4 is 5.32 Å². The molecule has 1 aromatic rings. The molecule has 1 unspecified atom stereocenters. The minimum absolute atomic E-state index is 0.0201. The highest BCUT2D eigenvalue weighted by molar-refractivity contribution is 6.32. The van der Waals surface area contributed by atoms with Gasteiger partial charge in [-0.3, -0.25) is 4.79 Å². The van der Waals surface area contributed by atoms with Crippen molar-refractivity contribution in [3.63, 3.8) is 0 Å². The SMILES string of the molecule is CC(NCc1ccc(O)c(Cl)c1)C(=O)O. The predicted octanol–water partition coefficient (Wildman–Crippen LogP) is 1.61. The number of phenols is 1. The van der Waals surface area contributed by atoms with Gasteiger partial charge in [-0.15, -0.1) is 0 Å². The molecule has 0 aromatic heterocycles. The van der Waals surface area contributed by atoms with E-state index in [1.807, 2.05) is 0 Å². The standard InChI is InChI=1S/C10H12ClNO3/c1-6(10(14)15)12-5-7-2-3-9(13)8(11)4-7/h2-4,6,12-13H,5H2,1H3,(H,14,15). The van der Waals surface area contributed by atoms with Gasteiger partial charge in [0, 0.05) is 6.54 Å². The summed E-state index contributed by atoms with van der Waals surface area (Å²) in [6.45, 7) is 1.96. The third-order valence-corrected chi connectivity index (χ3v) is 2.30. The van der Waals surface area contributed by atoms with Crippen molar-refractivity contribution in [1.29, 1.82) is 0 Å². The first-order chi connectivity index (χ1) is 7.00. The Balaban J connectivity index is 2.58. The highest BCUT2D eigenvalue weighted by Crippen LogP contribution is 2.23. The lowest BCUT2D eigenvalue weighted by Crippen LogP contribution is -2.33. The second-order valence-corrected chi connectivity index (χ2v) is 3.63. The zero-order valence-electron chi connectivity index (χ0n) is 8.20. The van der Waals surface area contributed by atoms with E-state index in [1.165, 1.54) is 6.07 Å². The van der Waals surface area contributed by atoms with Crippen LogP contribution in [0.15, 0.2) is 18.2 Å². The van der Waals surface area contributed by atoms with Crippen LogP contribution in [0.2, 0.25) is 5.02 Å². The minimum Gasteiger partial charge on any atom is -0.506 e. The van der Waals surface area contributed by atoms with E-state index in [1.54, 1.807) is 19.1 Å². The molecule has 0 aliphatic rings. The van der Waals surface area contributed by atoms with Crippen LogP contribution in [-0.4, -0.2) is 22.2 Å². The van der Waals surface area contributed by atoms with Crippen LogP contribution in [0.25, 0.3) is 0 Å². The molecule has 1 aromatic carbocycles. The van der Waals surface area contributed by atoms with Crippen molar-refractivity contribution in [2.45, 2.75) is 19.5 Å². The summed E-state index contributed by atoms with van der Waals surface area (Å²) in [5, 5.41) is 20.9. The molecule has 1 rings (SSSR count). The highest BCUT2D eigenvalue weighted by atomic mass is 35.5. The lowest BCUT2D eigenvalue weighted by molar-refractivity contribution is -0.139. The second kappa shape index (κ2) is 5.00. The number of aliphatic carboxylic acids is 1. The number of carbonyl (C=O) groups is 1.